The summed E-state index contributed by atoms with van der Waals surface area (Å²) in [6.07, 6.45) is 3.73. The Morgan fingerprint density at radius 1 is 1.04 bits per heavy atom. The Labute approximate surface area is 164 Å². The molecule has 2 aromatic carbocycles. The maximum absolute atomic E-state index is 5.47. The van der Waals surface area contributed by atoms with Gasteiger partial charge >= 0.3 is 0 Å². The van der Waals surface area contributed by atoms with Gasteiger partial charge in [0, 0.05) is 49.8 Å². The van der Waals surface area contributed by atoms with Crippen molar-refractivity contribution in [1.82, 2.24) is 14.4 Å². The topological polar surface area (TPSA) is 54.7 Å². The van der Waals surface area contributed by atoms with E-state index < -0.39 is 0 Å². The monoisotopic (exact) mass is 373 g/mol. The highest BCUT2D eigenvalue weighted by molar-refractivity contribution is 5.76. The molecule has 0 amide bonds. The smallest absolute Gasteiger partial charge is 0.235 e. The van der Waals surface area contributed by atoms with E-state index in [0.29, 0.717) is 12.3 Å². The summed E-state index contributed by atoms with van der Waals surface area (Å²) in [5.74, 6) is 2.43. The number of hydrogen-bond donors (Lipinski definition) is 1. The molecule has 0 unspecified atom stereocenters. The number of nitrogens with zero attached hydrogens (tertiary/aromatic N) is 4. The van der Waals surface area contributed by atoms with Crippen molar-refractivity contribution >= 4 is 17.3 Å². The zero-order chi connectivity index (χ0) is 19.5. The zero-order valence-corrected chi connectivity index (χ0v) is 16.3. The van der Waals surface area contributed by atoms with Crippen LogP contribution >= 0.6 is 0 Å². The van der Waals surface area contributed by atoms with Crippen LogP contribution in [-0.2, 0) is 6.54 Å². The van der Waals surface area contributed by atoms with Crippen LogP contribution in [0, 0.1) is 0 Å². The van der Waals surface area contributed by atoms with Crippen LogP contribution in [-0.4, -0.2) is 35.6 Å². The van der Waals surface area contributed by atoms with Gasteiger partial charge in [-0.15, -0.1) is 0 Å². The van der Waals surface area contributed by atoms with Gasteiger partial charge < -0.3 is 15.0 Å². The van der Waals surface area contributed by atoms with E-state index in [1.165, 1.54) is 0 Å². The molecule has 0 bridgehead atoms. The van der Waals surface area contributed by atoms with E-state index in [4.69, 9.17) is 9.72 Å². The second-order valence-electron chi connectivity index (χ2n) is 6.71. The lowest BCUT2D eigenvalue weighted by molar-refractivity contribution is 0.410. The Morgan fingerprint density at radius 2 is 1.82 bits per heavy atom. The number of anilines is 2. The second kappa shape index (κ2) is 7.60. The van der Waals surface area contributed by atoms with E-state index in [-0.39, 0.29) is 0 Å². The molecule has 142 valence electrons. The molecule has 0 aliphatic heterocycles. The maximum Gasteiger partial charge on any atom is 0.235 e. The molecule has 1 N–H and O–H groups in total. The predicted octanol–water partition coefficient (Wildman–Crippen LogP) is 4.08. The largest absolute Gasteiger partial charge is 0.496 e. The number of imidazole rings is 1. The van der Waals surface area contributed by atoms with Crippen LogP contribution in [0.5, 0.6) is 5.75 Å². The van der Waals surface area contributed by atoms with Gasteiger partial charge in [-0.05, 0) is 24.3 Å². The number of benzene rings is 2. The molecule has 0 saturated carbocycles. The summed E-state index contributed by atoms with van der Waals surface area (Å²) in [6, 6.07) is 18.3. The Balaban J connectivity index is 1.73. The molecule has 0 aliphatic carbocycles. The van der Waals surface area contributed by atoms with Gasteiger partial charge in [0.2, 0.25) is 5.78 Å². The van der Waals surface area contributed by atoms with Gasteiger partial charge in [0.1, 0.15) is 17.3 Å². The first-order chi connectivity index (χ1) is 13.7. The minimum atomic E-state index is 0.621. The molecule has 0 spiro atoms. The number of aromatic nitrogens is 3. The highest BCUT2D eigenvalue weighted by Crippen LogP contribution is 2.30. The minimum absolute atomic E-state index is 0.621. The van der Waals surface area contributed by atoms with Crippen molar-refractivity contribution in [3.63, 3.8) is 0 Å². The van der Waals surface area contributed by atoms with Gasteiger partial charge in [-0.1, -0.05) is 30.3 Å². The highest BCUT2D eigenvalue weighted by atomic mass is 16.5. The van der Waals surface area contributed by atoms with E-state index in [0.717, 1.165) is 34.1 Å². The van der Waals surface area contributed by atoms with Crippen molar-refractivity contribution < 1.29 is 4.74 Å². The van der Waals surface area contributed by atoms with Crippen molar-refractivity contribution in [2.24, 2.45) is 0 Å². The van der Waals surface area contributed by atoms with Crippen LogP contribution in [0.25, 0.3) is 17.0 Å². The van der Waals surface area contributed by atoms with Crippen molar-refractivity contribution in [1.29, 1.82) is 0 Å². The van der Waals surface area contributed by atoms with Gasteiger partial charge in [-0.3, -0.25) is 4.40 Å². The fourth-order valence-electron chi connectivity index (χ4n) is 3.20. The van der Waals surface area contributed by atoms with E-state index in [9.17, 15) is 0 Å². The molecule has 4 rings (SSSR count). The van der Waals surface area contributed by atoms with Gasteiger partial charge in [0.15, 0.2) is 0 Å². The molecule has 4 aromatic rings. The van der Waals surface area contributed by atoms with Crippen LogP contribution < -0.4 is 15.0 Å². The molecule has 2 aromatic heterocycles. The summed E-state index contributed by atoms with van der Waals surface area (Å²) in [4.78, 5) is 11.2. The van der Waals surface area contributed by atoms with E-state index in [2.05, 4.69) is 45.5 Å². The van der Waals surface area contributed by atoms with Crippen LogP contribution in [0.2, 0.25) is 0 Å². The third kappa shape index (κ3) is 3.36. The van der Waals surface area contributed by atoms with Crippen LogP contribution in [0.15, 0.2) is 67.0 Å². The summed E-state index contributed by atoms with van der Waals surface area (Å²) in [6.45, 7) is 0.621. The van der Waals surface area contributed by atoms with Crippen molar-refractivity contribution in [2.75, 3.05) is 31.4 Å². The van der Waals surface area contributed by atoms with E-state index >= 15 is 0 Å². The van der Waals surface area contributed by atoms with Crippen LogP contribution in [0.4, 0.5) is 11.5 Å². The quantitative estimate of drug-likeness (QED) is 0.552. The minimum Gasteiger partial charge on any atom is -0.496 e. The van der Waals surface area contributed by atoms with Crippen molar-refractivity contribution in [2.45, 2.75) is 6.54 Å². The average molecular weight is 373 g/mol. The van der Waals surface area contributed by atoms with Gasteiger partial charge in [0.25, 0.3) is 0 Å². The average Bonchev–Trinajstić information content (AvgIpc) is 3.11. The summed E-state index contributed by atoms with van der Waals surface area (Å²) in [5.41, 5.74) is 4.14. The third-order valence-corrected chi connectivity index (χ3v) is 4.70. The second-order valence-corrected chi connectivity index (χ2v) is 6.71. The SMILES string of the molecule is COc1ccccc1CNc1c(-c2ccc(N(C)C)cc2)nc2ncccn12. The first-order valence-electron chi connectivity index (χ1n) is 9.14. The first-order valence-corrected chi connectivity index (χ1v) is 9.14. The fourth-order valence-corrected chi connectivity index (χ4v) is 3.20. The molecule has 0 fully saturated rings. The number of nitrogens with one attached hydrogen (secondary N) is 1. The van der Waals surface area contributed by atoms with Gasteiger partial charge in [0.05, 0.1) is 7.11 Å². The maximum atomic E-state index is 5.47. The zero-order valence-electron chi connectivity index (χ0n) is 16.3. The summed E-state index contributed by atoms with van der Waals surface area (Å²) < 4.78 is 7.45. The summed E-state index contributed by atoms with van der Waals surface area (Å²) >= 11 is 0. The highest BCUT2D eigenvalue weighted by Gasteiger charge is 2.15. The molecular weight excluding hydrogens is 350 g/mol. The Bertz CT molecular complexity index is 1090. The first kappa shape index (κ1) is 17.9. The predicted molar refractivity (Wildman–Crippen MR) is 113 cm³/mol. The van der Waals surface area contributed by atoms with Crippen LogP contribution in [0.3, 0.4) is 0 Å². The molecule has 6 nitrogen and oxygen atoms in total. The molecule has 0 radical (unpaired) electrons. The van der Waals surface area contributed by atoms with Crippen molar-refractivity contribution in [3.05, 3.63) is 72.6 Å². The number of methoxy groups -OCH3 is 1. The number of para-hydroxylation sites is 1. The lowest BCUT2D eigenvalue weighted by Gasteiger charge is -2.13. The Kier molecular flexibility index (Phi) is 4.85. The van der Waals surface area contributed by atoms with Gasteiger partial charge in [-0.2, -0.15) is 0 Å². The Hall–Kier alpha value is -3.54. The number of ether oxygens (including phenoxy) is 1. The van der Waals surface area contributed by atoms with E-state index in [1.54, 1.807) is 13.3 Å². The molecule has 0 aliphatic rings. The molecule has 2 heterocycles. The Morgan fingerprint density at radius 3 is 2.57 bits per heavy atom. The lowest BCUT2D eigenvalue weighted by Crippen LogP contribution is -2.08. The summed E-state index contributed by atoms with van der Waals surface area (Å²) in [5, 5.41) is 3.53. The van der Waals surface area contributed by atoms with E-state index in [1.807, 2.05) is 49.0 Å². The van der Waals surface area contributed by atoms with Crippen molar-refractivity contribution in [3.8, 4) is 17.0 Å². The number of fused-ring (bicyclic) bond motifs is 1. The molecule has 0 saturated heterocycles. The van der Waals surface area contributed by atoms with Gasteiger partial charge in [-0.25, -0.2) is 9.97 Å². The molecule has 28 heavy (non-hydrogen) atoms. The summed E-state index contributed by atoms with van der Waals surface area (Å²) in [7, 11) is 5.75. The number of rotatable bonds is 6. The molecule has 6 heteroatoms. The molecular formula is C22H23N5O. The number of hydrogen-bond acceptors (Lipinski definition) is 5. The normalized spacial score (nSPS) is 10.8. The van der Waals surface area contributed by atoms with Crippen LogP contribution in [0.1, 0.15) is 5.56 Å². The standard InChI is InChI=1S/C22H23N5O/c1-26(2)18-11-9-16(10-12-18)20-21(27-14-6-13-23-22(27)25-20)24-15-17-7-4-5-8-19(17)28-3/h4-14,24H,15H2,1-3H3. The molecule has 0 atom stereocenters. The fraction of sp³-hybridized carbons (Fsp3) is 0.182. The third-order valence-electron chi connectivity index (χ3n) is 4.70. The lowest BCUT2D eigenvalue weighted by atomic mass is 10.1.